The lowest BCUT2D eigenvalue weighted by molar-refractivity contribution is 0.0997. The van der Waals surface area contributed by atoms with Gasteiger partial charge in [0.25, 0.3) is 5.91 Å². The number of amides is 1. The number of nitrogens with zero attached hydrogens (tertiary/aromatic N) is 2. The van der Waals surface area contributed by atoms with Gasteiger partial charge in [-0.2, -0.15) is 0 Å². The fraction of sp³-hybridized carbons (Fsp3) is 0.222. The number of rotatable bonds is 5. The van der Waals surface area contributed by atoms with Crippen molar-refractivity contribution in [1.82, 2.24) is 4.90 Å². The highest BCUT2D eigenvalue weighted by atomic mass is 19.1. The molecular formula is C27H26FN3O2. The van der Waals surface area contributed by atoms with E-state index in [9.17, 15) is 9.18 Å². The second-order valence-corrected chi connectivity index (χ2v) is 8.42. The Morgan fingerprint density at radius 3 is 2.36 bits per heavy atom. The molecule has 2 heterocycles. The lowest BCUT2D eigenvalue weighted by Gasteiger charge is -2.36. The van der Waals surface area contributed by atoms with Crippen LogP contribution in [0.25, 0.3) is 11.0 Å². The van der Waals surface area contributed by atoms with Gasteiger partial charge in [0.1, 0.15) is 0 Å². The Morgan fingerprint density at radius 1 is 0.939 bits per heavy atom. The van der Waals surface area contributed by atoms with Crippen LogP contribution in [0, 0.1) is 12.7 Å². The van der Waals surface area contributed by atoms with E-state index in [0.29, 0.717) is 16.6 Å². The zero-order valence-corrected chi connectivity index (χ0v) is 18.6. The van der Waals surface area contributed by atoms with Crippen LogP contribution in [0.2, 0.25) is 0 Å². The molecule has 168 valence electrons. The number of anilines is 2. The third kappa shape index (κ3) is 4.47. The van der Waals surface area contributed by atoms with Gasteiger partial charge in [0.15, 0.2) is 17.2 Å². The molecule has 0 radical (unpaired) electrons. The molecule has 1 saturated heterocycles. The first-order valence-corrected chi connectivity index (χ1v) is 11.2. The maximum atomic E-state index is 14.0. The molecule has 3 aromatic carbocycles. The van der Waals surface area contributed by atoms with Crippen LogP contribution in [0.1, 0.15) is 21.7 Å². The molecule has 0 aliphatic carbocycles. The minimum Gasteiger partial charge on any atom is -0.448 e. The Balaban J connectivity index is 1.20. The van der Waals surface area contributed by atoms with Crippen LogP contribution in [0.4, 0.5) is 15.8 Å². The molecule has 0 atom stereocenters. The van der Waals surface area contributed by atoms with E-state index in [1.54, 1.807) is 19.1 Å². The Hall–Kier alpha value is -3.64. The van der Waals surface area contributed by atoms with Crippen molar-refractivity contribution in [3.8, 4) is 0 Å². The molecule has 0 unspecified atom stereocenters. The number of fused-ring (bicyclic) bond motifs is 1. The molecule has 1 fully saturated rings. The second kappa shape index (κ2) is 9.08. The number of carbonyl (C=O) groups is 1. The zero-order chi connectivity index (χ0) is 22.8. The summed E-state index contributed by atoms with van der Waals surface area (Å²) in [5.74, 6) is -0.720. The zero-order valence-electron chi connectivity index (χ0n) is 18.6. The molecule has 5 rings (SSSR count). The molecule has 33 heavy (non-hydrogen) atoms. The van der Waals surface area contributed by atoms with Crippen LogP contribution in [0.15, 0.2) is 77.2 Å². The number of nitrogens with one attached hydrogen (secondary N) is 1. The molecule has 6 heteroatoms. The molecule has 1 aliphatic heterocycles. The van der Waals surface area contributed by atoms with Crippen molar-refractivity contribution in [2.45, 2.75) is 13.5 Å². The molecular weight excluding hydrogens is 417 g/mol. The summed E-state index contributed by atoms with van der Waals surface area (Å²) >= 11 is 0. The molecule has 5 nitrogen and oxygen atoms in total. The van der Waals surface area contributed by atoms with Crippen LogP contribution in [-0.4, -0.2) is 37.0 Å². The number of benzene rings is 3. The van der Waals surface area contributed by atoms with Gasteiger partial charge >= 0.3 is 0 Å². The van der Waals surface area contributed by atoms with Crippen molar-refractivity contribution in [3.63, 3.8) is 0 Å². The average molecular weight is 444 g/mol. The highest BCUT2D eigenvalue weighted by molar-refractivity contribution is 6.06. The molecule has 1 amide bonds. The van der Waals surface area contributed by atoms with Gasteiger partial charge in [0, 0.05) is 55.0 Å². The second-order valence-electron chi connectivity index (χ2n) is 8.42. The van der Waals surface area contributed by atoms with Gasteiger partial charge in [-0.3, -0.25) is 9.69 Å². The molecule has 0 spiro atoms. The lowest BCUT2D eigenvalue weighted by atomic mass is 10.1. The van der Waals surface area contributed by atoms with Gasteiger partial charge in [-0.25, -0.2) is 4.39 Å². The topological polar surface area (TPSA) is 48.7 Å². The Labute approximate surface area is 192 Å². The first kappa shape index (κ1) is 21.2. The van der Waals surface area contributed by atoms with Gasteiger partial charge in [-0.1, -0.05) is 42.5 Å². The molecule has 1 aliphatic rings. The fourth-order valence-electron chi connectivity index (χ4n) is 4.37. The molecule has 1 aromatic heterocycles. The van der Waals surface area contributed by atoms with E-state index in [4.69, 9.17) is 4.42 Å². The van der Waals surface area contributed by atoms with Crippen molar-refractivity contribution in [1.29, 1.82) is 0 Å². The quantitative estimate of drug-likeness (QED) is 0.445. The number of aryl methyl sites for hydroxylation is 1. The maximum Gasteiger partial charge on any atom is 0.291 e. The minimum absolute atomic E-state index is 0.113. The summed E-state index contributed by atoms with van der Waals surface area (Å²) in [6, 6.07) is 23.1. The summed E-state index contributed by atoms with van der Waals surface area (Å²) in [5, 5.41) is 3.47. The average Bonchev–Trinajstić information content (AvgIpc) is 3.19. The maximum absolute atomic E-state index is 14.0. The molecule has 0 bridgehead atoms. The number of halogens is 1. The highest BCUT2D eigenvalue weighted by Crippen LogP contribution is 2.28. The van der Waals surface area contributed by atoms with Crippen molar-refractivity contribution in [2.24, 2.45) is 0 Å². The SMILES string of the molecule is Cc1c(C(=O)Nc2ccc(N3CCN(Cc4ccccc4)CC3)cc2)oc2c(F)cccc12. The number of piperazine rings is 1. The Kier molecular flexibility index (Phi) is 5.84. The Morgan fingerprint density at radius 2 is 1.67 bits per heavy atom. The van der Waals surface area contributed by atoms with Crippen molar-refractivity contribution in [2.75, 3.05) is 36.4 Å². The normalized spacial score (nSPS) is 14.5. The number of furan rings is 1. The lowest BCUT2D eigenvalue weighted by Crippen LogP contribution is -2.45. The van der Waals surface area contributed by atoms with Gasteiger partial charge in [-0.05, 0) is 42.8 Å². The van der Waals surface area contributed by atoms with E-state index < -0.39 is 5.82 Å². The van der Waals surface area contributed by atoms with Crippen LogP contribution in [0.3, 0.4) is 0 Å². The third-order valence-corrected chi connectivity index (χ3v) is 6.23. The van der Waals surface area contributed by atoms with Crippen LogP contribution < -0.4 is 10.2 Å². The standard InChI is InChI=1S/C27H26FN3O2/c1-19-23-8-5-9-24(28)26(23)33-25(19)27(32)29-21-10-12-22(13-11-21)31-16-14-30(15-17-31)18-20-6-3-2-4-7-20/h2-13H,14-18H2,1H3,(H,29,32). The summed E-state index contributed by atoms with van der Waals surface area (Å²) < 4.78 is 19.5. The molecule has 1 N–H and O–H groups in total. The van der Waals surface area contributed by atoms with E-state index in [1.165, 1.54) is 11.6 Å². The summed E-state index contributed by atoms with van der Waals surface area (Å²) in [6.07, 6.45) is 0. The van der Waals surface area contributed by atoms with E-state index in [0.717, 1.165) is 38.4 Å². The van der Waals surface area contributed by atoms with E-state index in [2.05, 4.69) is 39.4 Å². The van der Waals surface area contributed by atoms with E-state index in [-0.39, 0.29) is 17.3 Å². The summed E-state index contributed by atoms with van der Waals surface area (Å²) in [6.45, 7) is 6.68. The van der Waals surface area contributed by atoms with Gasteiger partial charge in [-0.15, -0.1) is 0 Å². The highest BCUT2D eigenvalue weighted by Gasteiger charge is 2.20. The van der Waals surface area contributed by atoms with Crippen LogP contribution >= 0.6 is 0 Å². The minimum atomic E-state index is -0.470. The van der Waals surface area contributed by atoms with Crippen molar-refractivity contribution in [3.05, 3.63) is 95.5 Å². The summed E-state index contributed by atoms with van der Waals surface area (Å²) in [4.78, 5) is 17.6. The summed E-state index contributed by atoms with van der Waals surface area (Å²) in [7, 11) is 0. The number of para-hydroxylation sites is 1. The predicted octanol–water partition coefficient (Wildman–Crippen LogP) is 5.45. The van der Waals surface area contributed by atoms with E-state index in [1.807, 2.05) is 30.3 Å². The van der Waals surface area contributed by atoms with Crippen LogP contribution in [0.5, 0.6) is 0 Å². The van der Waals surface area contributed by atoms with Crippen molar-refractivity contribution >= 4 is 28.3 Å². The largest absolute Gasteiger partial charge is 0.448 e. The van der Waals surface area contributed by atoms with Gasteiger partial charge in [0.2, 0.25) is 0 Å². The first-order valence-electron chi connectivity index (χ1n) is 11.2. The van der Waals surface area contributed by atoms with Gasteiger partial charge < -0.3 is 14.6 Å². The van der Waals surface area contributed by atoms with Crippen molar-refractivity contribution < 1.29 is 13.6 Å². The number of hydrogen-bond acceptors (Lipinski definition) is 4. The third-order valence-electron chi connectivity index (χ3n) is 6.23. The predicted molar refractivity (Wildman–Crippen MR) is 129 cm³/mol. The summed E-state index contributed by atoms with van der Waals surface area (Å²) in [5.41, 5.74) is 3.89. The molecule has 4 aromatic rings. The first-order chi connectivity index (χ1) is 16.1. The molecule has 0 saturated carbocycles. The fourth-order valence-corrected chi connectivity index (χ4v) is 4.37. The van der Waals surface area contributed by atoms with Crippen LogP contribution in [-0.2, 0) is 6.54 Å². The monoisotopic (exact) mass is 443 g/mol. The number of hydrogen-bond donors (Lipinski definition) is 1. The van der Waals surface area contributed by atoms with Gasteiger partial charge in [0.05, 0.1) is 0 Å². The smallest absolute Gasteiger partial charge is 0.291 e. The Bertz CT molecular complexity index is 1260. The van der Waals surface area contributed by atoms with E-state index >= 15 is 0 Å². The number of carbonyl (C=O) groups excluding carboxylic acids is 1.